The van der Waals surface area contributed by atoms with Crippen molar-refractivity contribution < 1.29 is 9.90 Å². The highest BCUT2D eigenvalue weighted by Gasteiger charge is 2.23. The van der Waals surface area contributed by atoms with Crippen molar-refractivity contribution in [1.29, 1.82) is 0 Å². The Morgan fingerprint density at radius 3 is 2.55 bits per heavy atom. The molecule has 0 fully saturated rings. The highest BCUT2D eigenvalue weighted by Crippen LogP contribution is 2.21. The number of rotatable bonds is 5. The smallest absolute Gasteiger partial charge is 0.276 e. The van der Waals surface area contributed by atoms with Crippen molar-refractivity contribution in [2.75, 3.05) is 19.4 Å². The Bertz CT molecular complexity index is 1140. The molecule has 2 aromatic carbocycles. The Morgan fingerprint density at radius 1 is 1.24 bits per heavy atom. The summed E-state index contributed by atoms with van der Waals surface area (Å²) in [4.78, 5) is 31.0. The summed E-state index contributed by atoms with van der Waals surface area (Å²) in [5.74, 6) is -0.194. The molecule has 0 aliphatic carbocycles. The van der Waals surface area contributed by atoms with Gasteiger partial charge in [0.1, 0.15) is 11.8 Å². The van der Waals surface area contributed by atoms with Gasteiger partial charge >= 0.3 is 0 Å². The van der Waals surface area contributed by atoms with Gasteiger partial charge in [-0.15, -0.1) is 0 Å². The fraction of sp³-hybridized carbons (Fsp3) is 0.200. The molecule has 0 saturated heterocycles. The largest absolute Gasteiger partial charge is 0.382 e. The number of nitrogens with one attached hydrogen (secondary N) is 2. The first-order valence-corrected chi connectivity index (χ1v) is 9.14. The Kier molecular flexibility index (Phi) is 5.95. The molecule has 1 aromatic heterocycles. The summed E-state index contributed by atoms with van der Waals surface area (Å²) < 4.78 is 0. The van der Waals surface area contributed by atoms with Gasteiger partial charge in [-0.3, -0.25) is 9.59 Å². The molecule has 8 nitrogen and oxygen atoms in total. The molecule has 0 bridgehead atoms. The van der Waals surface area contributed by atoms with Gasteiger partial charge in [0, 0.05) is 31.7 Å². The third kappa shape index (κ3) is 4.79. The van der Waals surface area contributed by atoms with Crippen LogP contribution in [0.5, 0.6) is 0 Å². The fourth-order valence-electron chi connectivity index (χ4n) is 2.79. The molecule has 0 aliphatic rings. The maximum absolute atomic E-state index is 12.7. The number of hydrazone groups is 1. The first-order valence-electron chi connectivity index (χ1n) is 8.76. The second-order valence-electron chi connectivity index (χ2n) is 6.61. The molecule has 9 heteroatoms. The number of aromatic amines is 1. The van der Waals surface area contributed by atoms with Crippen LogP contribution in [-0.2, 0) is 4.79 Å². The van der Waals surface area contributed by atoms with Crippen molar-refractivity contribution in [3.63, 3.8) is 0 Å². The number of carbonyl (C=O) groups is 1. The molecule has 0 radical (unpaired) electrons. The Balaban J connectivity index is 2.06. The van der Waals surface area contributed by atoms with Gasteiger partial charge < -0.3 is 20.4 Å². The standard InChI is InChI=1S/C20H20ClN5O3/c1-11(27)22-14-7-4-12(5-8-14)19(28)17(25-26(2)3)18-20(29)24-16-10-13(21)6-9-15(16)23-18/h4-10,19,28H,1-3H3,(H,22,27)(H,24,29)/b25-17-. The average Bonchev–Trinajstić information content (AvgIpc) is 2.65. The van der Waals surface area contributed by atoms with Gasteiger partial charge in [-0.05, 0) is 35.9 Å². The van der Waals surface area contributed by atoms with E-state index in [4.69, 9.17) is 11.6 Å². The van der Waals surface area contributed by atoms with Crippen molar-refractivity contribution >= 4 is 39.9 Å². The van der Waals surface area contributed by atoms with Crippen LogP contribution >= 0.6 is 11.6 Å². The van der Waals surface area contributed by atoms with Crippen LogP contribution in [0.15, 0.2) is 52.4 Å². The van der Waals surface area contributed by atoms with E-state index in [9.17, 15) is 14.7 Å². The Hall–Kier alpha value is -3.23. The van der Waals surface area contributed by atoms with Gasteiger partial charge in [0.05, 0.1) is 11.0 Å². The van der Waals surface area contributed by atoms with Gasteiger partial charge in [-0.1, -0.05) is 23.7 Å². The lowest BCUT2D eigenvalue weighted by Crippen LogP contribution is -2.27. The zero-order chi connectivity index (χ0) is 21.1. The molecule has 3 N–H and O–H groups in total. The third-order valence-electron chi connectivity index (χ3n) is 4.01. The van der Waals surface area contributed by atoms with Gasteiger partial charge in [-0.25, -0.2) is 4.98 Å². The van der Waals surface area contributed by atoms with Crippen LogP contribution in [0.25, 0.3) is 11.0 Å². The molecule has 150 valence electrons. The monoisotopic (exact) mass is 413 g/mol. The van der Waals surface area contributed by atoms with E-state index in [1.807, 2.05) is 0 Å². The predicted octanol–water partition coefficient (Wildman–Crippen LogP) is 2.53. The molecule has 0 spiro atoms. The van der Waals surface area contributed by atoms with Crippen LogP contribution in [-0.4, -0.2) is 45.8 Å². The summed E-state index contributed by atoms with van der Waals surface area (Å²) in [5.41, 5.74) is 1.71. The lowest BCUT2D eigenvalue weighted by molar-refractivity contribution is -0.114. The van der Waals surface area contributed by atoms with Crippen molar-refractivity contribution in [3.8, 4) is 0 Å². The molecule has 3 rings (SSSR count). The number of anilines is 1. The number of aliphatic hydroxyl groups excluding tert-OH is 1. The van der Waals surface area contributed by atoms with E-state index in [1.54, 1.807) is 56.6 Å². The summed E-state index contributed by atoms with van der Waals surface area (Å²) >= 11 is 5.97. The Labute approximate surface area is 171 Å². The fourth-order valence-corrected chi connectivity index (χ4v) is 2.96. The van der Waals surface area contributed by atoms with Gasteiger partial charge in [0.15, 0.2) is 5.69 Å². The number of nitrogens with zero attached hydrogens (tertiary/aromatic N) is 3. The zero-order valence-corrected chi connectivity index (χ0v) is 16.9. The lowest BCUT2D eigenvalue weighted by Gasteiger charge is -2.17. The lowest BCUT2D eigenvalue weighted by atomic mass is 10.0. The van der Waals surface area contributed by atoms with Crippen molar-refractivity contribution in [2.24, 2.45) is 5.10 Å². The van der Waals surface area contributed by atoms with Crippen LogP contribution in [0, 0.1) is 0 Å². The van der Waals surface area contributed by atoms with Gasteiger partial charge in [0.25, 0.3) is 5.56 Å². The molecule has 3 aromatic rings. The topological polar surface area (TPSA) is 111 Å². The van der Waals surface area contributed by atoms with Crippen LogP contribution in [0.3, 0.4) is 0 Å². The number of carbonyl (C=O) groups excluding carboxylic acids is 1. The van der Waals surface area contributed by atoms with Crippen LogP contribution < -0.4 is 10.9 Å². The molecule has 1 atom stereocenters. The van der Waals surface area contributed by atoms with E-state index in [1.165, 1.54) is 11.9 Å². The molecule has 1 heterocycles. The minimum Gasteiger partial charge on any atom is -0.382 e. The number of fused-ring (bicyclic) bond motifs is 1. The number of hydrogen-bond acceptors (Lipinski definition) is 6. The van der Waals surface area contributed by atoms with E-state index >= 15 is 0 Å². The number of H-pyrrole nitrogens is 1. The van der Waals surface area contributed by atoms with E-state index in [2.05, 4.69) is 20.4 Å². The number of aromatic nitrogens is 2. The summed E-state index contributed by atoms with van der Waals surface area (Å²) in [6, 6.07) is 11.6. The molecular weight excluding hydrogens is 394 g/mol. The minimum absolute atomic E-state index is 0.00644. The maximum atomic E-state index is 12.7. The van der Waals surface area contributed by atoms with E-state index in [0.717, 1.165) is 0 Å². The minimum atomic E-state index is -1.21. The zero-order valence-electron chi connectivity index (χ0n) is 16.1. The number of halogens is 1. The van der Waals surface area contributed by atoms with Crippen LogP contribution in [0.4, 0.5) is 5.69 Å². The molecule has 29 heavy (non-hydrogen) atoms. The summed E-state index contributed by atoms with van der Waals surface area (Å²) in [6.45, 7) is 1.41. The molecular formula is C20H20ClN5O3. The van der Waals surface area contributed by atoms with Crippen molar-refractivity contribution in [2.45, 2.75) is 13.0 Å². The van der Waals surface area contributed by atoms with Crippen molar-refractivity contribution in [1.82, 2.24) is 15.0 Å². The van der Waals surface area contributed by atoms with Crippen LogP contribution in [0.2, 0.25) is 5.02 Å². The summed E-state index contributed by atoms with van der Waals surface area (Å²) in [5, 5.41) is 19.9. The summed E-state index contributed by atoms with van der Waals surface area (Å²) in [6.07, 6.45) is -1.21. The quantitative estimate of drug-likeness (QED) is 0.439. The number of hydrogen-bond donors (Lipinski definition) is 3. The number of benzene rings is 2. The molecule has 0 aliphatic heterocycles. The highest BCUT2D eigenvalue weighted by molar-refractivity contribution is 6.31. The first kappa shape index (κ1) is 20.5. The van der Waals surface area contributed by atoms with Gasteiger partial charge in [0.2, 0.25) is 5.91 Å². The SMILES string of the molecule is CC(=O)Nc1ccc(C(O)/C(=N\N(C)C)c2nc3ccc(Cl)cc3[nH]c2=O)cc1. The molecule has 0 saturated carbocycles. The van der Waals surface area contributed by atoms with Crippen molar-refractivity contribution in [3.05, 3.63) is 69.1 Å². The van der Waals surface area contributed by atoms with E-state index in [0.29, 0.717) is 27.3 Å². The third-order valence-corrected chi connectivity index (χ3v) is 4.25. The normalized spacial score (nSPS) is 12.7. The average molecular weight is 414 g/mol. The Morgan fingerprint density at radius 2 is 1.93 bits per heavy atom. The second-order valence-corrected chi connectivity index (χ2v) is 7.05. The van der Waals surface area contributed by atoms with E-state index in [-0.39, 0.29) is 17.3 Å². The number of amides is 1. The first-order chi connectivity index (χ1) is 13.7. The molecule has 1 unspecified atom stereocenters. The summed E-state index contributed by atoms with van der Waals surface area (Å²) in [7, 11) is 3.36. The van der Waals surface area contributed by atoms with Gasteiger partial charge in [-0.2, -0.15) is 5.10 Å². The van der Waals surface area contributed by atoms with E-state index < -0.39 is 11.7 Å². The molecule has 1 amide bonds. The maximum Gasteiger partial charge on any atom is 0.276 e. The number of aliphatic hydroxyl groups is 1. The predicted molar refractivity (Wildman–Crippen MR) is 113 cm³/mol. The van der Waals surface area contributed by atoms with Crippen LogP contribution in [0.1, 0.15) is 24.3 Å². The second kappa shape index (κ2) is 8.42. The highest BCUT2D eigenvalue weighted by atomic mass is 35.5.